The first-order chi connectivity index (χ1) is 12.5. The van der Waals surface area contributed by atoms with Crippen molar-refractivity contribution in [1.29, 1.82) is 0 Å². The average molecular weight is 356 g/mol. The highest BCUT2D eigenvalue weighted by Gasteiger charge is 2.29. The highest BCUT2D eigenvalue weighted by Crippen LogP contribution is 2.43. The molecule has 0 spiro atoms. The minimum atomic E-state index is -0.433. The Morgan fingerprint density at radius 3 is 2.50 bits per heavy atom. The molecule has 1 atom stereocenters. The first-order valence-electron chi connectivity index (χ1n) is 8.51. The van der Waals surface area contributed by atoms with Crippen LogP contribution < -0.4 is 14.8 Å². The lowest BCUT2D eigenvalue weighted by Gasteiger charge is -2.27. The Hall–Kier alpha value is -3.09. The maximum Gasteiger partial charge on any atom is 0.269 e. The molecule has 0 aromatic heterocycles. The molecule has 136 valence electrons. The molecule has 0 bridgehead atoms. The van der Waals surface area contributed by atoms with Gasteiger partial charge in [-0.05, 0) is 31.0 Å². The lowest BCUT2D eigenvalue weighted by Crippen LogP contribution is -2.23. The Morgan fingerprint density at radius 2 is 1.85 bits per heavy atom. The first-order valence-corrected chi connectivity index (χ1v) is 8.51. The number of nitro benzene ring substituents is 1. The average Bonchev–Trinajstić information content (AvgIpc) is 2.62. The smallest absolute Gasteiger partial charge is 0.269 e. The summed E-state index contributed by atoms with van der Waals surface area (Å²) in [6.07, 6.45) is 0.216. The highest BCUT2D eigenvalue weighted by atomic mass is 16.6. The molecule has 0 unspecified atom stereocenters. The number of benzene rings is 2. The molecule has 3 rings (SSSR count). The van der Waals surface area contributed by atoms with Gasteiger partial charge >= 0.3 is 0 Å². The van der Waals surface area contributed by atoms with Gasteiger partial charge < -0.3 is 14.8 Å². The van der Waals surface area contributed by atoms with Crippen molar-refractivity contribution in [3.8, 4) is 11.5 Å². The Bertz CT molecular complexity index is 850. The molecule has 2 aromatic rings. The van der Waals surface area contributed by atoms with E-state index in [0.29, 0.717) is 30.4 Å². The predicted molar refractivity (Wildman–Crippen MR) is 97.0 cm³/mol. The number of hydrogen-bond acceptors (Lipinski definition) is 5. The molecule has 1 aliphatic rings. The van der Waals surface area contributed by atoms with E-state index in [1.165, 1.54) is 12.1 Å². The van der Waals surface area contributed by atoms with E-state index in [1.54, 1.807) is 18.2 Å². The van der Waals surface area contributed by atoms with Crippen LogP contribution >= 0.6 is 0 Å². The predicted octanol–water partition coefficient (Wildman–Crippen LogP) is 3.87. The van der Waals surface area contributed by atoms with Gasteiger partial charge in [-0.2, -0.15) is 0 Å². The van der Waals surface area contributed by atoms with Crippen LogP contribution in [0.3, 0.4) is 0 Å². The molecule has 0 fully saturated rings. The maximum absolute atomic E-state index is 12.2. The van der Waals surface area contributed by atoms with E-state index in [-0.39, 0.29) is 23.9 Å². The largest absolute Gasteiger partial charge is 0.490 e. The number of nitrogens with zero attached hydrogens (tertiary/aromatic N) is 1. The number of carbonyl (C=O) groups is 1. The second-order valence-electron chi connectivity index (χ2n) is 5.91. The van der Waals surface area contributed by atoms with E-state index in [0.717, 1.165) is 11.1 Å². The van der Waals surface area contributed by atoms with Gasteiger partial charge in [-0.15, -0.1) is 0 Å². The highest BCUT2D eigenvalue weighted by molar-refractivity contribution is 5.96. The van der Waals surface area contributed by atoms with Gasteiger partial charge in [0.15, 0.2) is 11.5 Å². The fraction of sp³-hybridized carbons (Fsp3) is 0.316. The third-order valence-corrected chi connectivity index (χ3v) is 4.24. The van der Waals surface area contributed by atoms with Crippen molar-refractivity contribution < 1.29 is 19.2 Å². The molecule has 1 N–H and O–H groups in total. The maximum atomic E-state index is 12.2. The number of hydrogen-bond donors (Lipinski definition) is 1. The van der Waals surface area contributed by atoms with Crippen LogP contribution in [0.1, 0.15) is 37.3 Å². The number of rotatable bonds is 6. The van der Waals surface area contributed by atoms with Gasteiger partial charge in [-0.3, -0.25) is 14.9 Å². The van der Waals surface area contributed by atoms with Crippen molar-refractivity contribution in [3.05, 3.63) is 57.6 Å². The zero-order valence-corrected chi connectivity index (χ0v) is 14.7. The van der Waals surface area contributed by atoms with E-state index in [9.17, 15) is 14.9 Å². The molecule has 2 aromatic carbocycles. The van der Waals surface area contributed by atoms with Crippen molar-refractivity contribution in [3.63, 3.8) is 0 Å². The number of carbonyl (C=O) groups excluding carboxylic acids is 1. The van der Waals surface area contributed by atoms with Crippen molar-refractivity contribution >= 4 is 17.3 Å². The minimum Gasteiger partial charge on any atom is -0.490 e. The number of nitrogens with one attached hydrogen (secondary N) is 1. The van der Waals surface area contributed by atoms with Gasteiger partial charge in [-0.1, -0.05) is 12.1 Å². The van der Waals surface area contributed by atoms with Gasteiger partial charge in [-0.25, -0.2) is 0 Å². The monoisotopic (exact) mass is 356 g/mol. The van der Waals surface area contributed by atoms with Gasteiger partial charge in [0.1, 0.15) is 0 Å². The standard InChI is InChI=1S/C19H20N2O5/c1-3-25-17-9-15-14(12-6-5-7-13(8-12)21(23)24)10-19(22)20-16(15)11-18(17)26-4-2/h5-9,11,14H,3-4,10H2,1-2H3,(H,20,22)/t14-/m0/s1. The summed E-state index contributed by atoms with van der Waals surface area (Å²) in [4.78, 5) is 22.8. The first kappa shape index (κ1) is 17.7. The van der Waals surface area contributed by atoms with E-state index in [4.69, 9.17) is 9.47 Å². The van der Waals surface area contributed by atoms with Crippen molar-refractivity contribution in [2.75, 3.05) is 18.5 Å². The zero-order valence-electron chi connectivity index (χ0n) is 14.7. The van der Waals surface area contributed by atoms with Gasteiger partial charge in [0.2, 0.25) is 5.91 Å². The Kier molecular flexibility index (Phi) is 5.06. The number of non-ortho nitro benzene ring substituents is 1. The lowest BCUT2D eigenvalue weighted by atomic mass is 9.84. The second-order valence-corrected chi connectivity index (χ2v) is 5.91. The van der Waals surface area contributed by atoms with Crippen LogP contribution in [0.2, 0.25) is 0 Å². The third kappa shape index (κ3) is 3.46. The minimum absolute atomic E-state index is 0.00556. The van der Waals surface area contributed by atoms with Gasteiger partial charge in [0.05, 0.1) is 18.1 Å². The summed E-state index contributed by atoms with van der Waals surface area (Å²) in [5.74, 6) is 0.738. The Morgan fingerprint density at radius 1 is 1.15 bits per heavy atom. The fourth-order valence-electron chi connectivity index (χ4n) is 3.16. The van der Waals surface area contributed by atoms with Crippen molar-refractivity contribution in [1.82, 2.24) is 0 Å². The molecule has 7 nitrogen and oxygen atoms in total. The van der Waals surface area contributed by atoms with Crippen LogP contribution in [-0.2, 0) is 4.79 Å². The van der Waals surface area contributed by atoms with Crippen LogP contribution in [0.5, 0.6) is 11.5 Å². The summed E-state index contributed by atoms with van der Waals surface area (Å²) in [6, 6.07) is 10.0. The zero-order chi connectivity index (χ0) is 18.7. The summed E-state index contributed by atoms with van der Waals surface area (Å²) in [5.41, 5.74) is 2.23. The summed E-state index contributed by atoms with van der Waals surface area (Å²) < 4.78 is 11.3. The SMILES string of the molecule is CCOc1cc2c(cc1OCC)[C@H](c1cccc([N+](=O)[O-])c1)CC(=O)N2. The van der Waals surface area contributed by atoms with E-state index < -0.39 is 4.92 Å². The quantitative estimate of drug-likeness (QED) is 0.627. The van der Waals surface area contributed by atoms with Crippen LogP contribution in [0.4, 0.5) is 11.4 Å². The van der Waals surface area contributed by atoms with Crippen LogP contribution in [0.15, 0.2) is 36.4 Å². The number of fused-ring (bicyclic) bond motifs is 1. The van der Waals surface area contributed by atoms with Crippen LogP contribution in [0.25, 0.3) is 0 Å². The normalized spacial score (nSPS) is 15.8. The summed E-state index contributed by atoms with van der Waals surface area (Å²) in [5, 5.41) is 13.9. The summed E-state index contributed by atoms with van der Waals surface area (Å²) >= 11 is 0. The van der Waals surface area contributed by atoms with Crippen molar-refractivity contribution in [2.24, 2.45) is 0 Å². The Labute approximate surface area is 151 Å². The molecule has 7 heteroatoms. The topological polar surface area (TPSA) is 90.7 Å². The number of ether oxygens (including phenoxy) is 2. The number of amides is 1. The molecular formula is C19H20N2O5. The number of anilines is 1. The fourth-order valence-corrected chi connectivity index (χ4v) is 3.16. The lowest BCUT2D eigenvalue weighted by molar-refractivity contribution is -0.384. The molecule has 1 aliphatic heterocycles. The molecule has 1 heterocycles. The van der Waals surface area contributed by atoms with Gasteiger partial charge in [0.25, 0.3) is 5.69 Å². The third-order valence-electron chi connectivity index (χ3n) is 4.24. The molecular weight excluding hydrogens is 336 g/mol. The molecule has 1 amide bonds. The molecule has 0 radical (unpaired) electrons. The summed E-state index contributed by atoms with van der Waals surface area (Å²) in [6.45, 7) is 4.71. The summed E-state index contributed by atoms with van der Waals surface area (Å²) in [7, 11) is 0. The van der Waals surface area contributed by atoms with E-state index in [2.05, 4.69) is 5.32 Å². The molecule has 0 saturated carbocycles. The van der Waals surface area contributed by atoms with E-state index >= 15 is 0 Å². The van der Waals surface area contributed by atoms with Gasteiger partial charge in [0, 0.05) is 36.2 Å². The molecule has 26 heavy (non-hydrogen) atoms. The Balaban J connectivity index is 2.10. The van der Waals surface area contributed by atoms with E-state index in [1.807, 2.05) is 19.9 Å². The van der Waals surface area contributed by atoms with Crippen molar-refractivity contribution in [2.45, 2.75) is 26.2 Å². The number of nitro groups is 1. The second kappa shape index (κ2) is 7.43. The molecule has 0 saturated heterocycles. The van der Waals surface area contributed by atoms with Crippen LogP contribution in [-0.4, -0.2) is 24.0 Å². The molecule has 0 aliphatic carbocycles. The van der Waals surface area contributed by atoms with Crippen LogP contribution in [0, 0.1) is 10.1 Å².